The summed E-state index contributed by atoms with van der Waals surface area (Å²) in [6.45, 7) is 11.6. The first-order chi connectivity index (χ1) is 15.3. The molecule has 4 heterocycles. The zero-order valence-corrected chi connectivity index (χ0v) is 19.5. The Hall–Kier alpha value is -2.44. The van der Waals surface area contributed by atoms with Crippen LogP contribution in [0.25, 0.3) is 10.9 Å². The minimum Gasteiger partial charge on any atom is -0.497 e. The molecule has 32 heavy (non-hydrogen) atoms. The molecule has 5 rings (SSSR count). The van der Waals surface area contributed by atoms with Crippen LogP contribution in [0.2, 0.25) is 0 Å². The third kappa shape index (κ3) is 4.81. The maximum absolute atomic E-state index is 12.5. The van der Waals surface area contributed by atoms with Crippen molar-refractivity contribution in [3.05, 3.63) is 48.7 Å². The van der Waals surface area contributed by atoms with Crippen LogP contribution in [-0.2, 0) is 14.3 Å². The first-order valence-electron chi connectivity index (χ1n) is 11.4. The monoisotopic (exact) mass is 438 g/mol. The van der Waals surface area contributed by atoms with Gasteiger partial charge in [-0.1, -0.05) is 6.08 Å². The van der Waals surface area contributed by atoms with Gasteiger partial charge in [-0.25, -0.2) is 4.79 Å². The van der Waals surface area contributed by atoms with Crippen LogP contribution in [0.5, 0.6) is 5.75 Å². The molecule has 3 saturated heterocycles. The Balaban J connectivity index is 1.68. The molecule has 2 bridgehead atoms. The van der Waals surface area contributed by atoms with Crippen LogP contribution in [0.1, 0.15) is 45.3 Å². The summed E-state index contributed by atoms with van der Waals surface area (Å²) >= 11 is 0. The minimum atomic E-state index is -0.544. The van der Waals surface area contributed by atoms with Gasteiger partial charge in [0.25, 0.3) is 0 Å². The number of hydrogen-bond acceptors (Lipinski definition) is 6. The number of benzene rings is 1. The molecule has 2 unspecified atom stereocenters. The van der Waals surface area contributed by atoms with Crippen molar-refractivity contribution >= 4 is 16.9 Å². The zero-order valence-electron chi connectivity index (χ0n) is 19.5. The van der Waals surface area contributed by atoms with E-state index in [2.05, 4.69) is 22.5 Å². The lowest BCUT2D eigenvalue weighted by Gasteiger charge is -2.51. The molecule has 0 saturated carbocycles. The summed E-state index contributed by atoms with van der Waals surface area (Å²) in [5.41, 5.74) is 1.37. The number of rotatable bonds is 7. The van der Waals surface area contributed by atoms with Crippen molar-refractivity contribution in [3.8, 4) is 5.75 Å². The van der Waals surface area contributed by atoms with Gasteiger partial charge in [-0.2, -0.15) is 0 Å². The maximum Gasteiger partial charge on any atom is 0.332 e. The van der Waals surface area contributed by atoms with E-state index >= 15 is 0 Å². The van der Waals surface area contributed by atoms with Crippen molar-refractivity contribution in [1.29, 1.82) is 0 Å². The summed E-state index contributed by atoms with van der Waals surface area (Å²) in [6, 6.07) is 8.07. The highest BCUT2D eigenvalue weighted by atomic mass is 16.6. The number of ether oxygens (including phenoxy) is 3. The van der Waals surface area contributed by atoms with Crippen molar-refractivity contribution in [2.45, 2.75) is 51.4 Å². The third-order valence-electron chi connectivity index (χ3n) is 6.59. The van der Waals surface area contributed by atoms with Gasteiger partial charge in [-0.3, -0.25) is 9.88 Å². The summed E-state index contributed by atoms with van der Waals surface area (Å²) in [5.74, 6) is 1.53. The Morgan fingerprint density at radius 1 is 1.34 bits per heavy atom. The fourth-order valence-electron chi connectivity index (χ4n) is 5.15. The fourth-order valence-corrected chi connectivity index (χ4v) is 5.15. The Morgan fingerprint density at radius 2 is 2.16 bits per heavy atom. The lowest BCUT2D eigenvalue weighted by Crippen LogP contribution is -2.55. The molecular weight excluding hydrogens is 404 g/mol. The van der Waals surface area contributed by atoms with Gasteiger partial charge in [0, 0.05) is 24.2 Å². The van der Waals surface area contributed by atoms with E-state index in [1.807, 2.05) is 51.2 Å². The molecule has 5 atom stereocenters. The molecule has 0 N–H and O–H groups in total. The van der Waals surface area contributed by atoms with E-state index in [0.29, 0.717) is 11.8 Å². The van der Waals surface area contributed by atoms with Gasteiger partial charge in [0.05, 0.1) is 18.7 Å². The van der Waals surface area contributed by atoms with E-state index in [9.17, 15) is 4.79 Å². The largest absolute Gasteiger partial charge is 0.497 e. The standard InChI is InChI=1S/C26H34N2O4/c1-6-17-15-28-12-10-18(17)13-23(28)25(31-16-24(29)32-26(2,3)4)20-9-11-27-22-8-7-19(30-5)14-21(20)22/h6-9,11,14,17-18,23,25H,1,10,12-13,15-16H2,2-5H3/t17-,18?,23-,25+/m0/s1. The topological polar surface area (TPSA) is 60.9 Å². The lowest BCUT2D eigenvalue weighted by molar-refractivity contribution is -0.165. The van der Waals surface area contributed by atoms with E-state index in [4.69, 9.17) is 14.2 Å². The van der Waals surface area contributed by atoms with Crippen LogP contribution in [0.15, 0.2) is 43.1 Å². The molecule has 1 aromatic heterocycles. The number of pyridine rings is 1. The first kappa shape index (κ1) is 22.7. The SMILES string of the molecule is C=C[C@H]1CN2CCC1C[C@H]2[C@H](OCC(=O)OC(C)(C)C)c1ccnc2ccc(OC)cc12. The first-order valence-corrected chi connectivity index (χ1v) is 11.4. The molecule has 0 spiro atoms. The predicted molar refractivity (Wildman–Crippen MR) is 125 cm³/mol. The van der Waals surface area contributed by atoms with Gasteiger partial charge >= 0.3 is 5.97 Å². The van der Waals surface area contributed by atoms with Gasteiger partial charge in [0.1, 0.15) is 18.0 Å². The van der Waals surface area contributed by atoms with Crippen LogP contribution >= 0.6 is 0 Å². The molecule has 0 amide bonds. The number of fused-ring (bicyclic) bond motifs is 4. The summed E-state index contributed by atoms with van der Waals surface area (Å²) in [6.07, 6.45) is 5.84. The quantitative estimate of drug-likeness (QED) is 0.467. The Labute approximate surface area is 190 Å². The molecule has 1 aromatic carbocycles. The second-order valence-electron chi connectivity index (χ2n) is 9.85. The number of esters is 1. The van der Waals surface area contributed by atoms with E-state index in [-0.39, 0.29) is 24.7 Å². The highest BCUT2D eigenvalue weighted by molar-refractivity contribution is 5.84. The number of carbonyl (C=O) groups is 1. The summed E-state index contributed by atoms with van der Waals surface area (Å²) < 4.78 is 17.3. The molecule has 172 valence electrons. The van der Waals surface area contributed by atoms with Gasteiger partial charge < -0.3 is 14.2 Å². The summed E-state index contributed by atoms with van der Waals surface area (Å²) in [5, 5.41) is 0.990. The minimum absolute atomic E-state index is 0.0877. The summed E-state index contributed by atoms with van der Waals surface area (Å²) in [7, 11) is 1.66. The van der Waals surface area contributed by atoms with Crippen LogP contribution in [0.3, 0.4) is 0 Å². The van der Waals surface area contributed by atoms with E-state index in [1.54, 1.807) is 7.11 Å². The molecule has 0 radical (unpaired) electrons. The van der Waals surface area contributed by atoms with Crippen LogP contribution < -0.4 is 4.74 Å². The van der Waals surface area contributed by atoms with Crippen molar-refractivity contribution in [2.24, 2.45) is 11.8 Å². The number of aromatic nitrogens is 1. The van der Waals surface area contributed by atoms with E-state index in [1.165, 1.54) is 6.42 Å². The average molecular weight is 439 g/mol. The molecular formula is C26H34N2O4. The number of methoxy groups -OCH3 is 1. The van der Waals surface area contributed by atoms with Gasteiger partial charge in [0.15, 0.2) is 0 Å². The molecule has 3 aliphatic rings. The number of carbonyl (C=O) groups excluding carboxylic acids is 1. The summed E-state index contributed by atoms with van der Waals surface area (Å²) in [4.78, 5) is 19.5. The third-order valence-corrected chi connectivity index (χ3v) is 6.59. The van der Waals surface area contributed by atoms with Crippen molar-refractivity contribution in [3.63, 3.8) is 0 Å². The second-order valence-corrected chi connectivity index (χ2v) is 9.85. The lowest BCUT2D eigenvalue weighted by atomic mass is 9.73. The number of nitrogens with zero attached hydrogens (tertiary/aromatic N) is 2. The molecule has 3 fully saturated rings. The van der Waals surface area contributed by atoms with Gasteiger partial charge in [-0.05, 0) is 81.8 Å². The molecule has 2 aromatic rings. The van der Waals surface area contributed by atoms with E-state index in [0.717, 1.165) is 41.7 Å². The zero-order chi connectivity index (χ0) is 22.9. The highest BCUT2D eigenvalue weighted by Crippen LogP contribution is 2.43. The van der Waals surface area contributed by atoms with Crippen LogP contribution in [0, 0.1) is 11.8 Å². The van der Waals surface area contributed by atoms with Crippen molar-refractivity contribution in [2.75, 3.05) is 26.8 Å². The van der Waals surface area contributed by atoms with Crippen molar-refractivity contribution in [1.82, 2.24) is 9.88 Å². The Bertz CT molecular complexity index is 983. The smallest absolute Gasteiger partial charge is 0.332 e. The number of piperidine rings is 3. The highest BCUT2D eigenvalue weighted by Gasteiger charge is 2.43. The van der Waals surface area contributed by atoms with Crippen LogP contribution in [0.4, 0.5) is 0 Å². The Morgan fingerprint density at radius 3 is 2.81 bits per heavy atom. The number of hydrogen-bond donors (Lipinski definition) is 0. The molecule has 3 aliphatic heterocycles. The van der Waals surface area contributed by atoms with Crippen molar-refractivity contribution < 1.29 is 19.0 Å². The van der Waals surface area contributed by atoms with E-state index < -0.39 is 5.60 Å². The Kier molecular flexibility index (Phi) is 6.54. The van der Waals surface area contributed by atoms with Gasteiger partial charge in [-0.15, -0.1) is 6.58 Å². The second kappa shape index (κ2) is 9.20. The molecule has 6 nitrogen and oxygen atoms in total. The normalized spacial score (nSPS) is 26.0. The average Bonchev–Trinajstić information content (AvgIpc) is 2.78. The molecule has 6 heteroatoms. The van der Waals surface area contributed by atoms with Gasteiger partial charge in [0.2, 0.25) is 0 Å². The van der Waals surface area contributed by atoms with Crippen LogP contribution in [-0.4, -0.2) is 54.3 Å². The molecule has 0 aliphatic carbocycles. The fraction of sp³-hybridized carbons (Fsp3) is 0.538. The predicted octanol–water partition coefficient (Wildman–Crippen LogP) is 4.54. The maximum atomic E-state index is 12.5.